The van der Waals surface area contributed by atoms with E-state index in [0.29, 0.717) is 22.0 Å². The van der Waals surface area contributed by atoms with E-state index in [1.165, 1.54) is 0 Å². The number of halogens is 1. The molecule has 1 aliphatic rings. The molecule has 4 rings (SSSR count). The second kappa shape index (κ2) is 8.83. The van der Waals surface area contributed by atoms with Gasteiger partial charge in [-0.15, -0.1) is 12.3 Å². The summed E-state index contributed by atoms with van der Waals surface area (Å²) < 4.78 is 0. The number of carbonyl (C=O) groups excluding carboxylic acids is 2. The lowest BCUT2D eigenvalue weighted by Gasteiger charge is -2.18. The molecule has 1 aliphatic heterocycles. The number of H-pyrrole nitrogens is 1. The van der Waals surface area contributed by atoms with E-state index in [4.69, 9.17) is 18.0 Å². The van der Waals surface area contributed by atoms with E-state index in [9.17, 15) is 9.59 Å². The lowest BCUT2D eigenvalue weighted by Crippen LogP contribution is -2.30. The number of aromatic nitrogens is 2. The van der Waals surface area contributed by atoms with Crippen molar-refractivity contribution in [3.8, 4) is 12.3 Å². The van der Waals surface area contributed by atoms with E-state index in [1.807, 2.05) is 17.9 Å². The highest BCUT2D eigenvalue weighted by Gasteiger charge is 2.23. The van der Waals surface area contributed by atoms with E-state index in [2.05, 4.69) is 21.2 Å². The molecular weight excluding hydrogens is 412 g/mol. The molecule has 0 aliphatic carbocycles. The fourth-order valence-electron chi connectivity index (χ4n) is 3.88. The van der Waals surface area contributed by atoms with E-state index in [0.717, 1.165) is 42.5 Å². The minimum absolute atomic E-state index is 0.0214. The first-order valence-electron chi connectivity index (χ1n) is 10.3. The topological polar surface area (TPSA) is 78.1 Å². The van der Waals surface area contributed by atoms with Crippen LogP contribution in [0.15, 0.2) is 36.4 Å². The first-order chi connectivity index (χ1) is 15.0. The SMILES string of the molecule is C#CCC(NC(=O)c1ccc(C(=O)N2CCCC2)c(C)c1)c1nc2ccc(Cl)cc2[nH]1. The summed E-state index contributed by atoms with van der Waals surface area (Å²) in [5.41, 5.74) is 3.40. The van der Waals surface area contributed by atoms with Crippen molar-refractivity contribution in [1.82, 2.24) is 20.2 Å². The number of amides is 2. The molecule has 3 aromatic rings. The van der Waals surface area contributed by atoms with Crippen LogP contribution in [0.3, 0.4) is 0 Å². The van der Waals surface area contributed by atoms with Gasteiger partial charge >= 0.3 is 0 Å². The van der Waals surface area contributed by atoms with Gasteiger partial charge in [0, 0.05) is 35.7 Å². The monoisotopic (exact) mass is 434 g/mol. The fraction of sp³-hybridized carbons (Fsp3) is 0.292. The predicted octanol–water partition coefficient (Wildman–Crippen LogP) is 4.26. The van der Waals surface area contributed by atoms with Crippen LogP contribution >= 0.6 is 11.6 Å². The van der Waals surface area contributed by atoms with Gasteiger partial charge < -0.3 is 15.2 Å². The molecule has 6 nitrogen and oxygen atoms in total. The van der Waals surface area contributed by atoms with Gasteiger partial charge in [0.15, 0.2) is 0 Å². The molecule has 1 saturated heterocycles. The van der Waals surface area contributed by atoms with Crippen LogP contribution in [0.2, 0.25) is 5.02 Å². The number of hydrogen-bond donors (Lipinski definition) is 2. The van der Waals surface area contributed by atoms with Crippen LogP contribution in [-0.4, -0.2) is 39.8 Å². The van der Waals surface area contributed by atoms with Gasteiger partial charge in [-0.05, 0) is 61.7 Å². The van der Waals surface area contributed by atoms with Crippen LogP contribution in [-0.2, 0) is 0 Å². The normalized spacial score (nSPS) is 14.4. The van der Waals surface area contributed by atoms with Gasteiger partial charge in [-0.1, -0.05) is 11.6 Å². The number of aromatic amines is 1. The third kappa shape index (κ3) is 4.42. The molecule has 7 heteroatoms. The number of fused-ring (bicyclic) bond motifs is 1. The molecule has 1 fully saturated rings. The maximum atomic E-state index is 12.9. The first-order valence-corrected chi connectivity index (χ1v) is 10.6. The first kappa shape index (κ1) is 21.0. The van der Waals surface area contributed by atoms with Crippen molar-refractivity contribution in [2.75, 3.05) is 13.1 Å². The number of benzene rings is 2. The third-order valence-corrected chi connectivity index (χ3v) is 5.77. The molecule has 158 valence electrons. The second-order valence-electron chi connectivity index (χ2n) is 7.75. The van der Waals surface area contributed by atoms with Gasteiger partial charge in [-0.2, -0.15) is 0 Å². The Morgan fingerprint density at radius 3 is 2.74 bits per heavy atom. The lowest BCUT2D eigenvalue weighted by molar-refractivity contribution is 0.0791. The highest BCUT2D eigenvalue weighted by atomic mass is 35.5. The maximum Gasteiger partial charge on any atom is 0.254 e. The quantitative estimate of drug-likeness (QED) is 0.589. The predicted molar refractivity (Wildman–Crippen MR) is 121 cm³/mol. The van der Waals surface area contributed by atoms with Gasteiger partial charge in [-0.3, -0.25) is 9.59 Å². The number of nitrogens with zero attached hydrogens (tertiary/aromatic N) is 2. The molecule has 0 radical (unpaired) electrons. The summed E-state index contributed by atoms with van der Waals surface area (Å²) in [4.78, 5) is 35.2. The summed E-state index contributed by atoms with van der Waals surface area (Å²) in [5, 5.41) is 3.55. The molecule has 2 aromatic carbocycles. The molecule has 2 heterocycles. The summed E-state index contributed by atoms with van der Waals surface area (Å²) in [6.45, 7) is 3.43. The van der Waals surface area contributed by atoms with Crippen molar-refractivity contribution in [2.24, 2.45) is 0 Å². The number of rotatable bonds is 5. The number of terminal acetylenes is 1. The average molecular weight is 435 g/mol. The molecule has 31 heavy (non-hydrogen) atoms. The van der Waals surface area contributed by atoms with Gasteiger partial charge in [0.2, 0.25) is 0 Å². The van der Waals surface area contributed by atoms with Crippen LogP contribution in [0.4, 0.5) is 0 Å². The molecule has 1 atom stereocenters. The van der Waals surface area contributed by atoms with Crippen LogP contribution in [0.1, 0.15) is 57.4 Å². The zero-order valence-corrected chi connectivity index (χ0v) is 18.0. The standard InChI is InChI=1S/C24H23ClN4O2/c1-3-6-20(22-26-19-10-8-17(25)14-21(19)27-22)28-23(30)16-7-9-18(15(2)13-16)24(31)29-11-4-5-12-29/h1,7-10,13-14,20H,4-6,11-12H2,2H3,(H,26,27)(H,28,30). The third-order valence-electron chi connectivity index (χ3n) is 5.53. The number of nitrogens with one attached hydrogen (secondary N) is 2. The van der Waals surface area contributed by atoms with Crippen LogP contribution < -0.4 is 5.32 Å². The van der Waals surface area contributed by atoms with Gasteiger partial charge in [0.25, 0.3) is 11.8 Å². The Labute approximate surface area is 186 Å². The van der Waals surface area contributed by atoms with E-state index in [-0.39, 0.29) is 18.2 Å². The molecule has 1 unspecified atom stereocenters. The Bertz CT molecular complexity index is 1190. The van der Waals surface area contributed by atoms with E-state index >= 15 is 0 Å². The van der Waals surface area contributed by atoms with Crippen molar-refractivity contribution < 1.29 is 9.59 Å². The number of aryl methyl sites for hydroxylation is 1. The van der Waals surface area contributed by atoms with E-state index < -0.39 is 6.04 Å². The summed E-state index contributed by atoms with van der Waals surface area (Å²) in [6, 6.07) is 10.0. The fourth-order valence-corrected chi connectivity index (χ4v) is 4.05. The Kier molecular flexibility index (Phi) is 5.97. The summed E-state index contributed by atoms with van der Waals surface area (Å²) in [5.74, 6) is 2.91. The zero-order valence-electron chi connectivity index (χ0n) is 17.2. The van der Waals surface area contributed by atoms with Crippen LogP contribution in [0, 0.1) is 19.3 Å². The van der Waals surface area contributed by atoms with Crippen molar-refractivity contribution in [2.45, 2.75) is 32.2 Å². The Balaban J connectivity index is 1.54. The largest absolute Gasteiger partial charge is 0.341 e. The molecule has 0 spiro atoms. The van der Waals surface area contributed by atoms with Crippen molar-refractivity contribution in [3.63, 3.8) is 0 Å². The second-order valence-corrected chi connectivity index (χ2v) is 8.18. The number of carbonyl (C=O) groups is 2. The molecular formula is C24H23ClN4O2. The van der Waals surface area contributed by atoms with Gasteiger partial charge in [0.1, 0.15) is 5.82 Å². The summed E-state index contributed by atoms with van der Waals surface area (Å²) >= 11 is 6.05. The minimum atomic E-state index is -0.477. The van der Waals surface area contributed by atoms with Gasteiger partial charge in [-0.25, -0.2) is 4.98 Å². The molecule has 1 aromatic heterocycles. The Morgan fingerprint density at radius 1 is 1.26 bits per heavy atom. The van der Waals surface area contributed by atoms with Gasteiger partial charge in [0.05, 0.1) is 17.1 Å². The molecule has 2 amide bonds. The molecule has 0 bridgehead atoms. The zero-order chi connectivity index (χ0) is 22.0. The summed E-state index contributed by atoms with van der Waals surface area (Å²) in [6.07, 6.45) is 7.89. The van der Waals surface area contributed by atoms with Crippen LogP contribution in [0.25, 0.3) is 11.0 Å². The Morgan fingerprint density at radius 2 is 2.03 bits per heavy atom. The number of imidazole rings is 1. The average Bonchev–Trinajstić information content (AvgIpc) is 3.42. The maximum absolute atomic E-state index is 12.9. The van der Waals surface area contributed by atoms with E-state index in [1.54, 1.807) is 30.3 Å². The smallest absolute Gasteiger partial charge is 0.254 e. The molecule has 0 saturated carbocycles. The lowest BCUT2D eigenvalue weighted by atomic mass is 10.0. The molecule has 2 N–H and O–H groups in total. The minimum Gasteiger partial charge on any atom is -0.341 e. The number of hydrogen-bond acceptors (Lipinski definition) is 3. The highest BCUT2D eigenvalue weighted by molar-refractivity contribution is 6.31. The van der Waals surface area contributed by atoms with Crippen molar-refractivity contribution >= 4 is 34.4 Å². The summed E-state index contributed by atoms with van der Waals surface area (Å²) in [7, 11) is 0. The van der Waals surface area contributed by atoms with Crippen molar-refractivity contribution in [1.29, 1.82) is 0 Å². The highest BCUT2D eigenvalue weighted by Crippen LogP contribution is 2.22. The number of likely N-dealkylation sites (tertiary alicyclic amines) is 1. The van der Waals surface area contributed by atoms with Crippen molar-refractivity contribution in [3.05, 3.63) is 63.9 Å². The van der Waals surface area contributed by atoms with Crippen LogP contribution in [0.5, 0.6) is 0 Å². The Hall–Kier alpha value is -3.30.